The first-order chi connectivity index (χ1) is 12.2. The maximum absolute atomic E-state index is 12.8. The van der Waals surface area contributed by atoms with Crippen molar-refractivity contribution in [1.29, 1.82) is 0 Å². The van der Waals surface area contributed by atoms with Gasteiger partial charge in [0.1, 0.15) is 5.82 Å². The number of hydrogen-bond acceptors (Lipinski definition) is 6. The van der Waals surface area contributed by atoms with Gasteiger partial charge in [0, 0.05) is 45.1 Å². The van der Waals surface area contributed by atoms with Crippen LogP contribution in [0.3, 0.4) is 0 Å². The number of nitrogens with zero attached hydrogens (tertiary/aromatic N) is 6. The van der Waals surface area contributed by atoms with Crippen LogP contribution in [0.1, 0.15) is 21.6 Å². The fraction of sp³-hybridized carbons (Fsp3) is 0.235. The van der Waals surface area contributed by atoms with Gasteiger partial charge in [-0.15, -0.1) is 5.10 Å². The first-order valence-electron chi connectivity index (χ1n) is 8.03. The molecule has 126 valence electrons. The van der Waals surface area contributed by atoms with E-state index in [1.165, 1.54) is 0 Å². The molecule has 1 aliphatic heterocycles. The minimum atomic E-state index is -0.0343. The number of aromatic nitrogens is 5. The molecule has 4 rings (SSSR count). The smallest absolute Gasteiger partial charge is 0.255 e. The Balaban J connectivity index is 1.53. The van der Waals surface area contributed by atoms with Crippen LogP contribution in [0.25, 0.3) is 5.82 Å². The molecule has 3 aromatic rings. The van der Waals surface area contributed by atoms with Gasteiger partial charge in [0.2, 0.25) is 0 Å². The predicted octanol–water partition coefficient (Wildman–Crippen LogP) is 1.30. The number of rotatable bonds is 3. The number of pyridine rings is 1. The van der Waals surface area contributed by atoms with E-state index in [0.717, 1.165) is 11.3 Å². The molecule has 0 saturated heterocycles. The zero-order valence-corrected chi connectivity index (χ0v) is 13.8. The lowest BCUT2D eigenvalue weighted by Crippen LogP contribution is -2.36. The minimum Gasteiger partial charge on any atom is -0.372 e. The molecule has 0 aromatic carbocycles. The van der Waals surface area contributed by atoms with Crippen molar-refractivity contribution in [2.45, 2.75) is 13.0 Å². The summed E-state index contributed by atoms with van der Waals surface area (Å²) in [5.74, 6) is 1.35. The van der Waals surface area contributed by atoms with E-state index < -0.39 is 0 Å². The minimum absolute atomic E-state index is 0.0343. The fourth-order valence-electron chi connectivity index (χ4n) is 2.86. The Hall–Kier alpha value is -3.29. The summed E-state index contributed by atoms with van der Waals surface area (Å²) in [5, 5.41) is 15.4. The molecule has 1 aliphatic rings. The highest BCUT2D eigenvalue weighted by molar-refractivity contribution is 5.94. The molecule has 0 saturated carbocycles. The lowest BCUT2D eigenvalue weighted by Gasteiger charge is -2.28. The summed E-state index contributed by atoms with van der Waals surface area (Å²) in [4.78, 5) is 18.9. The zero-order valence-electron chi connectivity index (χ0n) is 13.8. The normalized spacial score (nSPS) is 13.4. The molecular formula is C17H17N7O. The van der Waals surface area contributed by atoms with Gasteiger partial charge >= 0.3 is 0 Å². The molecule has 0 aliphatic carbocycles. The fourth-order valence-corrected chi connectivity index (χ4v) is 2.86. The second-order valence-corrected chi connectivity index (χ2v) is 5.78. The van der Waals surface area contributed by atoms with E-state index >= 15 is 0 Å². The molecule has 3 aromatic heterocycles. The van der Waals surface area contributed by atoms with Crippen LogP contribution in [0, 0.1) is 0 Å². The Morgan fingerprint density at radius 1 is 1.28 bits per heavy atom. The summed E-state index contributed by atoms with van der Waals surface area (Å²) in [6.45, 7) is 1.15. The molecule has 0 atom stereocenters. The zero-order chi connectivity index (χ0) is 17.2. The largest absolute Gasteiger partial charge is 0.372 e. The van der Waals surface area contributed by atoms with E-state index in [2.05, 4.69) is 25.6 Å². The number of hydrogen-bond donors (Lipinski definition) is 1. The average Bonchev–Trinajstić information content (AvgIpc) is 3.21. The van der Waals surface area contributed by atoms with E-state index in [0.29, 0.717) is 36.7 Å². The van der Waals surface area contributed by atoms with E-state index in [1.54, 1.807) is 36.3 Å². The molecule has 0 fully saturated rings. The van der Waals surface area contributed by atoms with Crippen molar-refractivity contribution in [3.05, 3.63) is 59.7 Å². The number of anilines is 1. The number of carbonyl (C=O) groups is 1. The third kappa shape index (κ3) is 2.93. The standard InChI is InChI=1S/C17H17N7O/c1-18-15-9-13-11-23(8-5-14(13)21-22-15)17(25)12-3-4-16(19-10-12)24-7-2-6-20-24/h2-4,6-7,9-10H,5,8,11H2,1H3,(H,18,22). The number of amides is 1. The van der Waals surface area contributed by atoms with Gasteiger partial charge in [-0.25, -0.2) is 9.67 Å². The Kier molecular flexibility index (Phi) is 3.85. The molecule has 8 nitrogen and oxygen atoms in total. The van der Waals surface area contributed by atoms with E-state index in [-0.39, 0.29) is 5.91 Å². The Morgan fingerprint density at radius 2 is 2.20 bits per heavy atom. The molecule has 1 N–H and O–H groups in total. The molecule has 4 heterocycles. The van der Waals surface area contributed by atoms with Crippen LogP contribution >= 0.6 is 0 Å². The van der Waals surface area contributed by atoms with Gasteiger partial charge in [0.05, 0.1) is 11.3 Å². The van der Waals surface area contributed by atoms with Crippen molar-refractivity contribution in [3.8, 4) is 5.82 Å². The second-order valence-electron chi connectivity index (χ2n) is 5.78. The van der Waals surface area contributed by atoms with Crippen molar-refractivity contribution in [2.75, 3.05) is 18.9 Å². The third-order valence-electron chi connectivity index (χ3n) is 4.22. The molecule has 25 heavy (non-hydrogen) atoms. The highest BCUT2D eigenvalue weighted by Crippen LogP contribution is 2.20. The van der Waals surface area contributed by atoms with E-state index in [1.807, 2.05) is 23.2 Å². The van der Waals surface area contributed by atoms with Crippen LogP contribution in [0.5, 0.6) is 0 Å². The predicted molar refractivity (Wildman–Crippen MR) is 91.4 cm³/mol. The summed E-state index contributed by atoms with van der Waals surface area (Å²) in [6.07, 6.45) is 5.80. The number of fused-ring (bicyclic) bond motifs is 1. The molecule has 1 amide bonds. The molecule has 8 heteroatoms. The molecule has 0 bridgehead atoms. The first-order valence-corrected chi connectivity index (χ1v) is 8.03. The number of carbonyl (C=O) groups excluding carboxylic acids is 1. The second kappa shape index (κ2) is 6.31. The Labute approximate surface area is 144 Å². The highest BCUT2D eigenvalue weighted by atomic mass is 16.2. The van der Waals surface area contributed by atoms with E-state index in [4.69, 9.17) is 0 Å². The van der Waals surface area contributed by atoms with Crippen LogP contribution in [0.2, 0.25) is 0 Å². The van der Waals surface area contributed by atoms with Gasteiger partial charge in [0.15, 0.2) is 5.82 Å². The van der Waals surface area contributed by atoms with Gasteiger partial charge in [-0.3, -0.25) is 4.79 Å². The average molecular weight is 335 g/mol. The lowest BCUT2D eigenvalue weighted by molar-refractivity contribution is 0.0733. The summed E-state index contributed by atoms with van der Waals surface area (Å²) in [5.41, 5.74) is 2.55. The van der Waals surface area contributed by atoms with Crippen molar-refractivity contribution >= 4 is 11.7 Å². The van der Waals surface area contributed by atoms with E-state index in [9.17, 15) is 4.79 Å². The summed E-state index contributed by atoms with van der Waals surface area (Å²) in [7, 11) is 1.80. The quantitative estimate of drug-likeness (QED) is 0.776. The lowest BCUT2D eigenvalue weighted by atomic mass is 10.1. The summed E-state index contributed by atoms with van der Waals surface area (Å²) < 4.78 is 1.66. The van der Waals surface area contributed by atoms with Crippen LogP contribution in [-0.4, -0.2) is 49.4 Å². The van der Waals surface area contributed by atoms with Gasteiger partial charge in [-0.1, -0.05) is 0 Å². The molecular weight excluding hydrogens is 318 g/mol. The van der Waals surface area contributed by atoms with Crippen LogP contribution in [0.15, 0.2) is 42.9 Å². The van der Waals surface area contributed by atoms with Crippen LogP contribution < -0.4 is 5.32 Å². The maximum Gasteiger partial charge on any atom is 0.255 e. The SMILES string of the molecule is CNc1cc2c(nn1)CCN(C(=O)c1ccc(-n3cccn3)nc1)C2. The number of nitrogens with one attached hydrogen (secondary N) is 1. The van der Waals surface area contributed by atoms with Crippen LogP contribution in [-0.2, 0) is 13.0 Å². The summed E-state index contributed by atoms with van der Waals surface area (Å²) in [6, 6.07) is 7.35. The topological polar surface area (TPSA) is 88.8 Å². The highest BCUT2D eigenvalue weighted by Gasteiger charge is 2.23. The maximum atomic E-state index is 12.8. The van der Waals surface area contributed by atoms with Gasteiger partial charge in [0.25, 0.3) is 5.91 Å². The van der Waals surface area contributed by atoms with Crippen molar-refractivity contribution < 1.29 is 4.79 Å². The van der Waals surface area contributed by atoms with Gasteiger partial charge in [-0.05, 0) is 29.8 Å². The van der Waals surface area contributed by atoms with Crippen LogP contribution in [0.4, 0.5) is 5.82 Å². The third-order valence-corrected chi connectivity index (χ3v) is 4.22. The Morgan fingerprint density at radius 3 is 2.92 bits per heavy atom. The van der Waals surface area contributed by atoms with Crippen molar-refractivity contribution in [1.82, 2.24) is 29.9 Å². The van der Waals surface area contributed by atoms with Crippen molar-refractivity contribution in [2.24, 2.45) is 0 Å². The van der Waals surface area contributed by atoms with Gasteiger partial charge in [-0.2, -0.15) is 10.2 Å². The molecule has 0 spiro atoms. The first kappa shape index (κ1) is 15.3. The van der Waals surface area contributed by atoms with Crippen molar-refractivity contribution in [3.63, 3.8) is 0 Å². The van der Waals surface area contributed by atoms with Gasteiger partial charge < -0.3 is 10.2 Å². The monoisotopic (exact) mass is 335 g/mol. The summed E-state index contributed by atoms with van der Waals surface area (Å²) >= 11 is 0. The Bertz CT molecular complexity index is 890. The molecule has 0 unspecified atom stereocenters. The molecule has 0 radical (unpaired) electrons.